The molecule has 3 heteroatoms. The molecule has 0 radical (unpaired) electrons. The molecule has 0 heterocycles. The minimum absolute atomic E-state index is 0.0622. The van der Waals surface area contributed by atoms with Crippen LogP contribution >= 0.6 is 0 Å². The van der Waals surface area contributed by atoms with Gasteiger partial charge in [-0.1, -0.05) is 24.3 Å². The lowest BCUT2D eigenvalue weighted by Crippen LogP contribution is -2.19. The van der Waals surface area contributed by atoms with Crippen molar-refractivity contribution in [2.45, 2.75) is 6.92 Å². The van der Waals surface area contributed by atoms with Gasteiger partial charge >= 0.3 is 0 Å². The van der Waals surface area contributed by atoms with Gasteiger partial charge in [-0.15, -0.1) is 0 Å². The zero-order valence-electron chi connectivity index (χ0n) is 11.4. The Bertz CT molecular complexity index is 588. The molecule has 0 unspecified atom stereocenters. The monoisotopic (exact) mass is 255 g/mol. The Morgan fingerprint density at radius 1 is 1.11 bits per heavy atom. The molecule has 0 atom stereocenters. The van der Waals surface area contributed by atoms with Crippen molar-refractivity contribution in [3.63, 3.8) is 0 Å². The molecule has 0 aliphatic rings. The molecule has 0 aliphatic carbocycles. The molecule has 0 fully saturated rings. The Kier molecular flexibility index (Phi) is 3.85. The van der Waals surface area contributed by atoms with E-state index in [1.54, 1.807) is 14.2 Å². The lowest BCUT2D eigenvalue weighted by atomic mass is 9.96. The SMILES string of the molecule is CNC(=O)c1cccc(-c2ccc(OC)cc2)c1C. The summed E-state index contributed by atoms with van der Waals surface area (Å²) < 4.78 is 5.15. The highest BCUT2D eigenvalue weighted by Crippen LogP contribution is 2.27. The number of carbonyl (C=O) groups excluding carboxylic acids is 1. The van der Waals surface area contributed by atoms with Crippen LogP contribution in [-0.2, 0) is 0 Å². The van der Waals surface area contributed by atoms with Gasteiger partial charge in [-0.05, 0) is 41.8 Å². The van der Waals surface area contributed by atoms with E-state index in [9.17, 15) is 4.79 Å². The average molecular weight is 255 g/mol. The van der Waals surface area contributed by atoms with E-state index >= 15 is 0 Å². The number of carbonyl (C=O) groups is 1. The molecular formula is C16H17NO2. The largest absolute Gasteiger partial charge is 0.497 e. The van der Waals surface area contributed by atoms with Crippen molar-refractivity contribution in [2.75, 3.05) is 14.2 Å². The Balaban J connectivity index is 2.47. The fraction of sp³-hybridized carbons (Fsp3) is 0.188. The molecule has 0 saturated carbocycles. The van der Waals surface area contributed by atoms with E-state index in [1.807, 2.05) is 49.4 Å². The van der Waals surface area contributed by atoms with Crippen LogP contribution in [0.4, 0.5) is 0 Å². The Labute approximate surface area is 113 Å². The third kappa shape index (κ3) is 2.60. The smallest absolute Gasteiger partial charge is 0.251 e. The van der Waals surface area contributed by atoms with Gasteiger partial charge in [0.2, 0.25) is 0 Å². The minimum Gasteiger partial charge on any atom is -0.497 e. The highest BCUT2D eigenvalue weighted by atomic mass is 16.5. The van der Waals surface area contributed by atoms with E-state index in [0.717, 1.165) is 22.4 Å². The summed E-state index contributed by atoms with van der Waals surface area (Å²) >= 11 is 0. The number of methoxy groups -OCH3 is 1. The normalized spacial score (nSPS) is 10.1. The maximum atomic E-state index is 11.8. The van der Waals surface area contributed by atoms with Crippen LogP contribution in [0.2, 0.25) is 0 Å². The molecule has 0 aromatic heterocycles. The second-order valence-electron chi connectivity index (χ2n) is 4.29. The van der Waals surface area contributed by atoms with Crippen molar-refractivity contribution in [1.82, 2.24) is 5.32 Å². The molecule has 0 bridgehead atoms. The van der Waals surface area contributed by atoms with Crippen LogP contribution in [0.5, 0.6) is 5.75 Å². The van der Waals surface area contributed by atoms with Crippen molar-refractivity contribution in [1.29, 1.82) is 0 Å². The van der Waals surface area contributed by atoms with Crippen LogP contribution in [0.3, 0.4) is 0 Å². The summed E-state index contributed by atoms with van der Waals surface area (Å²) in [7, 11) is 3.29. The zero-order chi connectivity index (χ0) is 13.8. The van der Waals surface area contributed by atoms with Gasteiger partial charge in [0, 0.05) is 12.6 Å². The van der Waals surface area contributed by atoms with E-state index in [2.05, 4.69) is 5.32 Å². The second-order valence-corrected chi connectivity index (χ2v) is 4.29. The summed E-state index contributed by atoms with van der Waals surface area (Å²) in [5, 5.41) is 2.66. The van der Waals surface area contributed by atoms with Crippen LogP contribution in [0, 0.1) is 6.92 Å². The van der Waals surface area contributed by atoms with Gasteiger partial charge in [0.25, 0.3) is 5.91 Å². The van der Waals surface area contributed by atoms with E-state index in [4.69, 9.17) is 4.74 Å². The molecule has 2 aromatic carbocycles. The summed E-state index contributed by atoms with van der Waals surface area (Å²) in [5.41, 5.74) is 3.82. The highest BCUT2D eigenvalue weighted by molar-refractivity contribution is 5.97. The number of hydrogen-bond acceptors (Lipinski definition) is 2. The minimum atomic E-state index is -0.0622. The van der Waals surface area contributed by atoms with Crippen molar-refractivity contribution in [3.05, 3.63) is 53.6 Å². The van der Waals surface area contributed by atoms with Gasteiger partial charge in [-0.3, -0.25) is 4.79 Å². The molecule has 3 nitrogen and oxygen atoms in total. The van der Waals surface area contributed by atoms with Crippen molar-refractivity contribution in [3.8, 4) is 16.9 Å². The lowest BCUT2D eigenvalue weighted by Gasteiger charge is -2.11. The molecular weight excluding hydrogens is 238 g/mol. The molecule has 0 saturated heterocycles. The Morgan fingerprint density at radius 3 is 2.37 bits per heavy atom. The first-order valence-corrected chi connectivity index (χ1v) is 6.13. The van der Waals surface area contributed by atoms with Crippen LogP contribution < -0.4 is 10.1 Å². The standard InChI is InChI=1S/C16H17NO2/c1-11-14(5-4-6-15(11)16(18)17-2)12-7-9-13(19-3)10-8-12/h4-10H,1-3H3,(H,17,18). The van der Waals surface area contributed by atoms with E-state index in [0.29, 0.717) is 5.56 Å². The second kappa shape index (κ2) is 5.57. The van der Waals surface area contributed by atoms with Gasteiger partial charge in [-0.2, -0.15) is 0 Å². The van der Waals surface area contributed by atoms with Gasteiger partial charge in [0.1, 0.15) is 5.75 Å². The first kappa shape index (κ1) is 13.1. The number of ether oxygens (including phenoxy) is 1. The predicted molar refractivity (Wildman–Crippen MR) is 76.6 cm³/mol. The van der Waals surface area contributed by atoms with Gasteiger partial charge in [-0.25, -0.2) is 0 Å². The van der Waals surface area contributed by atoms with E-state index in [1.165, 1.54) is 0 Å². The lowest BCUT2D eigenvalue weighted by molar-refractivity contribution is 0.0962. The zero-order valence-corrected chi connectivity index (χ0v) is 11.4. The number of amides is 1. The summed E-state index contributed by atoms with van der Waals surface area (Å²) in [5.74, 6) is 0.761. The first-order chi connectivity index (χ1) is 9.17. The van der Waals surface area contributed by atoms with Gasteiger partial charge in [0.15, 0.2) is 0 Å². The fourth-order valence-electron chi connectivity index (χ4n) is 2.10. The third-order valence-electron chi connectivity index (χ3n) is 3.21. The van der Waals surface area contributed by atoms with Crippen LogP contribution in [0.15, 0.2) is 42.5 Å². The number of benzene rings is 2. The fourth-order valence-corrected chi connectivity index (χ4v) is 2.10. The molecule has 98 valence electrons. The maximum Gasteiger partial charge on any atom is 0.251 e. The Hall–Kier alpha value is -2.29. The van der Waals surface area contributed by atoms with Gasteiger partial charge in [0.05, 0.1) is 7.11 Å². The number of nitrogens with one attached hydrogen (secondary N) is 1. The molecule has 2 rings (SSSR count). The van der Waals surface area contributed by atoms with Crippen molar-refractivity contribution in [2.24, 2.45) is 0 Å². The first-order valence-electron chi connectivity index (χ1n) is 6.13. The summed E-state index contributed by atoms with van der Waals surface area (Å²) in [4.78, 5) is 11.8. The van der Waals surface area contributed by atoms with E-state index in [-0.39, 0.29) is 5.91 Å². The number of hydrogen-bond donors (Lipinski definition) is 1. The topological polar surface area (TPSA) is 38.3 Å². The quantitative estimate of drug-likeness (QED) is 0.915. The third-order valence-corrected chi connectivity index (χ3v) is 3.21. The van der Waals surface area contributed by atoms with Crippen molar-refractivity contribution >= 4 is 5.91 Å². The van der Waals surface area contributed by atoms with Gasteiger partial charge < -0.3 is 10.1 Å². The van der Waals surface area contributed by atoms with Crippen LogP contribution in [0.25, 0.3) is 11.1 Å². The molecule has 0 aliphatic heterocycles. The summed E-state index contributed by atoms with van der Waals surface area (Å²) in [6, 6.07) is 13.6. The maximum absolute atomic E-state index is 11.8. The molecule has 0 spiro atoms. The molecule has 19 heavy (non-hydrogen) atoms. The van der Waals surface area contributed by atoms with Crippen molar-refractivity contribution < 1.29 is 9.53 Å². The number of rotatable bonds is 3. The Morgan fingerprint density at radius 2 is 1.79 bits per heavy atom. The van der Waals surface area contributed by atoms with Crippen LogP contribution in [0.1, 0.15) is 15.9 Å². The highest BCUT2D eigenvalue weighted by Gasteiger charge is 2.11. The molecule has 1 N–H and O–H groups in total. The summed E-state index contributed by atoms with van der Waals surface area (Å²) in [6.45, 7) is 1.96. The van der Waals surface area contributed by atoms with E-state index < -0.39 is 0 Å². The average Bonchev–Trinajstić information content (AvgIpc) is 2.47. The molecule has 1 amide bonds. The van der Waals surface area contributed by atoms with Crippen LogP contribution in [-0.4, -0.2) is 20.1 Å². The molecule has 2 aromatic rings. The predicted octanol–water partition coefficient (Wildman–Crippen LogP) is 3.03. The summed E-state index contributed by atoms with van der Waals surface area (Å²) in [6.07, 6.45) is 0.